The third-order valence-corrected chi connectivity index (χ3v) is 4.45. The van der Waals surface area contributed by atoms with Crippen LogP contribution in [0.3, 0.4) is 0 Å². The van der Waals surface area contributed by atoms with Crippen molar-refractivity contribution in [2.75, 3.05) is 26.2 Å². The molecule has 0 unspecified atom stereocenters. The molecule has 0 saturated carbocycles. The van der Waals surface area contributed by atoms with E-state index in [-0.39, 0.29) is 0 Å². The van der Waals surface area contributed by atoms with Crippen LogP contribution in [0.2, 0.25) is 0 Å². The molecule has 0 atom stereocenters. The first-order chi connectivity index (χ1) is 12.4. The van der Waals surface area contributed by atoms with Crippen molar-refractivity contribution in [1.82, 2.24) is 9.80 Å². The highest BCUT2D eigenvalue weighted by molar-refractivity contribution is 4.73. The van der Waals surface area contributed by atoms with Gasteiger partial charge < -0.3 is 4.90 Å². The second-order valence-electron chi connectivity index (χ2n) is 7.50. The highest BCUT2D eigenvalue weighted by Crippen LogP contribution is 2.06. The zero-order valence-corrected chi connectivity index (χ0v) is 18.4. The van der Waals surface area contributed by atoms with Gasteiger partial charge in [0.25, 0.3) is 0 Å². The normalized spacial score (nSPS) is 10.8. The predicted molar refractivity (Wildman–Crippen MR) is 113 cm³/mol. The SMILES string of the molecule is CC(C)N(CCCC#N)C(C)C.CCCCN(CCCC)CCCC#N. The van der Waals surface area contributed by atoms with Crippen molar-refractivity contribution in [2.24, 2.45) is 0 Å². The van der Waals surface area contributed by atoms with Crippen LogP contribution in [0.5, 0.6) is 0 Å². The second-order valence-corrected chi connectivity index (χ2v) is 7.50. The summed E-state index contributed by atoms with van der Waals surface area (Å²) in [5.74, 6) is 0. The first-order valence-electron chi connectivity index (χ1n) is 10.7. The lowest BCUT2D eigenvalue weighted by Crippen LogP contribution is -2.37. The molecule has 0 amide bonds. The summed E-state index contributed by atoms with van der Waals surface area (Å²) in [6.07, 6.45) is 8.51. The minimum atomic E-state index is 0.587. The van der Waals surface area contributed by atoms with Gasteiger partial charge >= 0.3 is 0 Å². The molecule has 0 aliphatic carbocycles. The van der Waals surface area contributed by atoms with Crippen LogP contribution in [0.25, 0.3) is 0 Å². The van der Waals surface area contributed by atoms with Crippen LogP contribution in [0, 0.1) is 22.7 Å². The third-order valence-electron chi connectivity index (χ3n) is 4.45. The number of nitriles is 2. The molecule has 0 fully saturated rings. The Balaban J connectivity index is 0. The van der Waals surface area contributed by atoms with E-state index in [4.69, 9.17) is 10.5 Å². The van der Waals surface area contributed by atoms with Gasteiger partial charge in [-0.15, -0.1) is 0 Å². The molecular weight excluding hydrogens is 320 g/mol. The molecule has 0 spiro atoms. The molecule has 0 rings (SSSR count). The summed E-state index contributed by atoms with van der Waals surface area (Å²) in [5.41, 5.74) is 0. The molecule has 0 aliphatic heterocycles. The summed E-state index contributed by atoms with van der Waals surface area (Å²) in [5, 5.41) is 16.9. The number of nitrogens with zero attached hydrogens (tertiary/aromatic N) is 4. The van der Waals surface area contributed by atoms with Gasteiger partial charge in [0, 0.05) is 24.9 Å². The fourth-order valence-corrected chi connectivity index (χ4v) is 2.93. The van der Waals surface area contributed by atoms with E-state index in [0.29, 0.717) is 24.9 Å². The van der Waals surface area contributed by atoms with Gasteiger partial charge in [0.15, 0.2) is 0 Å². The van der Waals surface area contributed by atoms with Crippen LogP contribution in [0.1, 0.15) is 92.9 Å². The molecular formula is C22H44N4. The molecule has 0 radical (unpaired) electrons. The largest absolute Gasteiger partial charge is 0.303 e. The maximum atomic E-state index is 8.46. The number of unbranched alkanes of at least 4 members (excludes halogenated alkanes) is 4. The molecule has 4 nitrogen and oxygen atoms in total. The lowest BCUT2D eigenvalue weighted by molar-refractivity contribution is 0.173. The molecule has 0 aliphatic rings. The molecule has 0 aromatic carbocycles. The van der Waals surface area contributed by atoms with Crippen molar-refractivity contribution in [2.45, 2.75) is 105 Å². The van der Waals surface area contributed by atoms with Gasteiger partial charge in [-0.3, -0.25) is 4.90 Å². The molecule has 26 heavy (non-hydrogen) atoms. The monoisotopic (exact) mass is 364 g/mol. The van der Waals surface area contributed by atoms with E-state index in [0.717, 1.165) is 25.9 Å². The maximum absolute atomic E-state index is 8.46. The molecule has 0 bridgehead atoms. The van der Waals surface area contributed by atoms with Crippen LogP contribution in [0.4, 0.5) is 0 Å². The van der Waals surface area contributed by atoms with Crippen LogP contribution in [-0.4, -0.2) is 48.1 Å². The summed E-state index contributed by atoms with van der Waals surface area (Å²) < 4.78 is 0. The Hall–Kier alpha value is -1.10. The number of hydrogen-bond donors (Lipinski definition) is 0. The average molecular weight is 365 g/mol. The van der Waals surface area contributed by atoms with Crippen LogP contribution >= 0.6 is 0 Å². The fourth-order valence-electron chi connectivity index (χ4n) is 2.93. The average Bonchev–Trinajstić information content (AvgIpc) is 2.60. The van der Waals surface area contributed by atoms with Gasteiger partial charge in [-0.25, -0.2) is 0 Å². The van der Waals surface area contributed by atoms with Gasteiger partial charge in [0.05, 0.1) is 12.1 Å². The van der Waals surface area contributed by atoms with Crippen molar-refractivity contribution < 1.29 is 0 Å². The van der Waals surface area contributed by atoms with Gasteiger partial charge in [-0.05, 0) is 79.6 Å². The van der Waals surface area contributed by atoms with Crippen molar-refractivity contribution in [3.8, 4) is 12.1 Å². The maximum Gasteiger partial charge on any atom is 0.0622 e. The molecule has 0 aromatic heterocycles. The smallest absolute Gasteiger partial charge is 0.0622 e. The van der Waals surface area contributed by atoms with E-state index < -0.39 is 0 Å². The Morgan fingerprint density at radius 3 is 1.38 bits per heavy atom. The van der Waals surface area contributed by atoms with E-state index in [1.165, 1.54) is 38.8 Å². The Morgan fingerprint density at radius 1 is 0.654 bits per heavy atom. The standard InChI is InChI=1S/C12H24N2.C10H20N2/c1-3-5-10-14(11-6-4-2)12-8-7-9-13;1-9(2)12(10(3)4)8-6-5-7-11/h3-8,10-12H2,1-2H3;9-10H,5-6,8H2,1-4H3. The van der Waals surface area contributed by atoms with Gasteiger partial charge in [-0.2, -0.15) is 10.5 Å². The lowest BCUT2D eigenvalue weighted by atomic mass is 10.2. The minimum Gasteiger partial charge on any atom is -0.303 e. The van der Waals surface area contributed by atoms with Crippen molar-refractivity contribution >= 4 is 0 Å². The Morgan fingerprint density at radius 2 is 1.04 bits per heavy atom. The molecule has 0 saturated heterocycles. The lowest BCUT2D eigenvalue weighted by Gasteiger charge is -2.30. The number of hydrogen-bond acceptors (Lipinski definition) is 4. The summed E-state index contributed by atoms with van der Waals surface area (Å²) in [4.78, 5) is 4.92. The predicted octanol–water partition coefficient (Wildman–Crippen LogP) is 5.60. The number of rotatable bonds is 14. The Labute approximate surface area is 164 Å². The molecule has 0 N–H and O–H groups in total. The van der Waals surface area contributed by atoms with Crippen LogP contribution < -0.4 is 0 Å². The van der Waals surface area contributed by atoms with Crippen molar-refractivity contribution in [1.29, 1.82) is 10.5 Å². The fraction of sp³-hybridized carbons (Fsp3) is 0.909. The Bertz CT molecular complexity index is 349. The second kappa shape index (κ2) is 20.2. The molecule has 0 heterocycles. The minimum absolute atomic E-state index is 0.587. The van der Waals surface area contributed by atoms with E-state index in [9.17, 15) is 0 Å². The highest BCUT2D eigenvalue weighted by Gasteiger charge is 2.11. The van der Waals surface area contributed by atoms with Crippen LogP contribution in [0.15, 0.2) is 0 Å². The summed E-state index contributed by atoms with van der Waals surface area (Å²) in [6.45, 7) is 17.8. The molecule has 0 aromatic rings. The Kier molecular flexibility index (Phi) is 21.1. The zero-order valence-electron chi connectivity index (χ0n) is 18.4. The summed E-state index contributed by atoms with van der Waals surface area (Å²) in [6, 6.07) is 5.56. The van der Waals surface area contributed by atoms with Crippen LogP contribution in [-0.2, 0) is 0 Å². The zero-order chi connectivity index (χ0) is 20.2. The molecule has 152 valence electrons. The molecule has 4 heteroatoms. The first kappa shape index (κ1) is 27.1. The van der Waals surface area contributed by atoms with Crippen molar-refractivity contribution in [3.05, 3.63) is 0 Å². The van der Waals surface area contributed by atoms with Gasteiger partial charge in [0.1, 0.15) is 0 Å². The van der Waals surface area contributed by atoms with Gasteiger partial charge in [0.2, 0.25) is 0 Å². The van der Waals surface area contributed by atoms with Crippen molar-refractivity contribution in [3.63, 3.8) is 0 Å². The van der Waals surface area contributed by atoms with Gasteiger partial charge in [-0.1, -0.05) is 26.7 Å². The summed E-state index contributed by atoms with van der Waals surface area (Å²) >= 11 is 0. The first-order valence-corrected chi connectivity index (χ1v) is 10.7. The van der Waals surface area contributed by atoms with E-state index >= 15 is 0 Å². The van der Waals surface area contributed by atoms with E-state index in [1.807, 2.05) is 0 Å². The van der Waals surface area contributed by atoms with E-state index in [1.54, 1.807) is 0 Å². The third kappa shape index (κ3) is 17.7. The summed E-state index contributed by atoms with van der Waals surface area (Å²) in [7, 11) is 0. The van der Waals surface area contributed by atoms with E-state index in [2.05, 4.69) is 63.5 Å². The topological polar surface area (TPSA) is 54.1 Å². The highest BCUT2D eigenvalue weighted by atomic mass is 15.2. The quantitative estimate of drug-likeness (QED) is 0.376.